The van der Waals surface area contributed by atoms with Crippen LogP contribution in [0.3, 0.4) is 0 Å². The summed E-state index contributed by atoms with van der Waals surface area (Å²) in [5.74, 6) is 0.564. The third-order valence-corrected chi connectivity index (χ3v) is 1.90. The molecule has 0 saturated heterocycles. The van der Waals surface area contributed by atoms with Crippen molar-refractivity contribution in [3.8, 4) is 5.75 Å². The summed E-state index contributed by atoms with van der Waals surface area (Å²) in [5.41, 5.74) is 1.19. The fourth-order valence-corrected chi connectivity index (χ4v) is 1.12. The summed E-state index contributed by atoms with van der Waals surface area (Å²) in [6, 6.07) is 7.72. The summed E-state index contributed by atoms with van der Waals surface area (Å²) < 4.78 is 10.2. The Morgan fingerprint density at radius 1 is 1.24 bits per heavy atom. The van der Waals surface area contributed by atoms with Crippen molar-refractivity contribution in [1.29, 1.82) is 0 Å². The zero-order chi connectivity index (χ0) is 13.1. The van der Waals surface area contributed by atoms with Gasteiger partial charge < -0.3 is 14.6 Å². The van der Waals surface area contributed by atoms with E-state index < -0.39 is 0 Å². The zero-order valence-corrected chi connectivity index (χ0v) is 10.6. The molecular weight excluding hydrogens is 220 g/mol. The Balaban J connectivity index is 0.00000121. The standard InChI is InChI=1S/C12H16O3.CH4O/c1-3-14-12(13)8-9-15-11-6-4-10(2)5-7-11;1-2/h4-7H,3,8-9H2,1-2H3;2H,1H3. The molecule has 0 aliphatic heterocycles. The van der Waals surface area contributed by atoms with E-state index in [0.717, 1.165) is 12.9 Å². The molecule has 1 N–H and O–H groups in total. The van der Waals surface area contributed by atoms with E-state index in [1.807, 2.05) is 31.2 Å². The van der Waals surface area contributed by atoms with Crippen LogP contribution >= 0.6 is 0 Å². The van der Waals surface area contributed by atoms with Gasteiger partial charge in [0.25, 0.3) is 0 Å². The molecule has 17 heavy (non-hydrogen) atoms. The molecule has 1 rings (SSSR count). The molecule has 0 unspecified atom stereocenters. The van der Waals surface area contributed by atoms with E-state index in [2.05, 4.69) is 0 Å². The largest absolute Gasteiger partial charge is 0.493 e. The number of aliphatic hydroxyl groups excluding tert-OH is 1. The molecule has 0 aromatic heterocycles. The van der Waals surface area contributed by atoms with E-state index >= 15 is 0 Å². The van der Waals surface area contributed by atoms with Crippen molar-refractivity contribution in [3.05, 3.63) is 29.8 Å². The van der Waals surface area contributed by atoms with Crippen LogP contribution in [0.2, 0.25) is 0 Å². The fourth-order valence-electron chi connectivity index (χ4n) is 1.12. The number of esters is 1. The molecule has 0 saturated carbocycles. The minimum atomic E-state index is -0.218. The van der Waals surface area contributed by atoms with Gasteiger partial charge in [0.1, 0.15) is 5.75 Å². The second kappa shape index (κ2) is 9.66. The molecule has 0 heterocycles. The van der Waals surface area contributed by atoms with E-state index in [0.29, 0.717) is 19.6 Å². The normalized spacial score (nSPS) is 8.94. The van der Waals surface area contributed by atoms with Crippen molar-refractivity contribution in [2.24, 2.45) is 0 Å². The number of carbonyl (C=O) groups is 1. The number of hydrogen-bond acceptors (Lipinski definition) is 4. The van der Waals surface area contributed by atoms with Crippen LogP contribution in [0.15, 0.2) is 24.3 Å². The summed E-state index contributed by atoms with van der Waals surface area (Å²) in [4.78, 5) is 11.0. The molecule has 96 valence electrons. The lowest BCUT2D eigenvalue weighted by molar-refractivity contribution is -0.143. The monoisotopic (exact) mass is 240 g/mol. The van der Waals surface area contributed by atoms with E-state index in [1.165, 1.54) is 5.56 Å². The van der Waals surface area contributed by atoms with E-state index in [-0.39, 0.29) is 5.97 Å². The first-order chi connectivity index (χ1) is 8.22. The van der Waals surface area contributed by atoms with E-state index in [9.17, 15) is 4.79 Å². The van der Waals surface area contributed by atoms with Gasteiger partial charge in [-0.3, -0.25) is 4.79 Å². The van der Waals surface area contributed by atoms with Crippen molar-refractivity contribution >= 4 is 5.97 Å². The van der Waals surface area contributed by atoms with Gasteiger partial charge in [0.05, 0.1) is 19.6 Å². The van der Waals surface area contributed by atoms with Crippen LogP contribution in [0.25, 0.3) is 0 Å². The Morgan fingerprint density at radius 2 is 1.82 bits per heavy atom. The Hall–Kier alpha value is -1.55. The van der Waals surface area contributed by atoms with Crippen LogP contribution in [-0.4, -0.2) is 31.4 Å². The molecule has 0 amide bonds. The van der Waals surface area contributed by atoms with Crippen LogP contribution in [-0.2, 0) is 9.53 Å². The average Bonchev–Trinajstić information content (AvgIpc) is 2.35. The van der Waals surface area contributed by atoms with Gasteiger partial charge in [0.15, 0.2) is 0 Å². The molecule has 0 atom stereocenters. The highest BCUT2D eigenvalue weighted by atomic mass is 16.5. The first-order valence-corrected chi connectivity index (χ1v) is 5.52. The summed E-state index contributed by atoms with van der Waals surface area (Å²) in [7, 11) is 1.00. The van der Waals surface area contributed by atoms with Crippen LogP contribution < -0.4 is 4.74 Å². The number of ether oxygens (including phenoxy) is 2. The lowest BCUT2D eigenvalue weighted by Crippen LogP contribution is -2.09. The lowest BCUT2D eigenvalue weighted by Gasteiger charge is -2.05. The van der Waals surface area contributed by atoms with Crippen LogP contribution in [0, 0.1) is 6.92 Å². The van der Waals surface area contributed by atoms with Crippen molar-refractivity contribution in [2.75, 3.05) is 20.3 Å². The highest BCUT2D eigenvalue weighted by molar-refractivity contribution is 5.69. The second-order valence-corrected chi connectivity index (χ2v) is 3.22. The summed E-state index contributed by atoms with van der Waals surface area (Å²) in [6.07, 6.45) is 0.293. The maximum absolute atomic E-state index is 11.0. The molecule has 0 radical (unpaired) electrons. The molecule has 4 nitrogen and oxygen atoms in total. The number of aliphatic hydroxyl groups is 1. The van der Waals surface area contributed by atoms with Gasteiger partial charge in [-0.25, -0.2) is 0 Å². The van der Waals surface area contributed by atoms with Crippen LogP contribution in [0.4, 0.5) is 0 Å². The highest BCUT2D eigenvalue weighted by Gasteiger charge is 2.01. The topological polar surface area (TPSA) is 55.8 Å². The second-order valence-electron chi connectivity index (χ2n) is 3.22. The highest BCUT2D eigenvalue weighted by Crippen LogP contribution is 2.11. The third kappa shape index (κ3) is 7.36. The number of rotatable bonds is 5. The molecular formula is C13H20O4. The molecule has 0 fully saturated rings. The summed E-state index contributed by atoms with van der Waals surface area (Å²) in [5, 5.41) is 7.00. The van der Waals surface area contributed by atoms with E-state index in [1.54, 1.807) is 6.92 Å². The van der Waals surface area contributed by atoms with Crippen molar-refractivity contribution in [3.63, 3.8) is 0 Å². The maximum Gasteiger partial charge on any atom is 0.309 e. The van der Waals surface area contributed by atoms with Gasteiger partial charge >= 0.3 is 5.97 Å². The Morgan fingerprint density at radius 3 is 2.35 bits per heavy atom. The summed E-state index contributed by atoms with van der Waals surface area (Å²) in [6.45, 7) is 4.59. The van der Waals surface area contributed by atoms with Crippen molar-refractivity contribution in [2.45, 2.75) is 20.3 Å². The van der Waals surface area contributed by atoms with Crippen molar-refractivity contribution in [1.82, 2.24) is 0 Å². The van der Waals surface area contributed by atoms with Crippen molar-refractivity contribution < 1.29 is 19.4 Å². The van der Waals surface area contributed by atoms with Gasteiger partial charge in [-0.2, -0.15) is 0 Å². The first-order valence-electron chi connectivity index (χ1n) is 5.52. The molecule has 1 aromatic carbocycles. The lowest BCUT2D eigenvalue weighted by atomic mass is 10.2. The molecule has 0 aliphatic rings. The van der Waals surface area contributed by atoms with Gasteiger partial charge in [-0.1, -0.05) is 17.7 Å². The predicted octanol–water partition coefficient (Wildman–Crippen LogP) is 1.94. The Bertz CT molecular complexity index is 306. The van der Waals surface area contributed by atoms with Gasteiger partial charge in [-0.15, -0.1) is 0 Å². The minimum absolute atomic E-state index is 0.218. The first kappa shape index (κ1) is 15.4. The SMILES string of the molecule is CCOC(=O)CCOc1ccc(C)cc1.CO. The quantitative estimate of drug-likeness (QED) is 0.799. The van der Waals surface area contributed by atoms with Crippen LogP contribution in [0.5, 0.6) is 5.75 Å². The molecule has 1 aromatic rings. The van der Waals surface area contributed by atoms with E-state index in [4.69, 9.17) is 14.6 Å². The van der Waals surface area contributed by atoms with Crippen LogP contribution in [0.1, 0.15) is 18.9 Å². The molecule has 4 heteroatoms. The van der Waals surface area contributed by atoms with Gasteiger partial charge in [0, 0.05) is 7.11 Å². The number of carbonyl (C=O) groups excluding carboxylic acids is 1. The Kier molecular flexibility index (Phi) is 8.78. The number of aryl methyl sites for hydroxylation is 1. The summed E-state index contributed by atoms with van der Waals surface area (Å²) >= 11 is 0. The van der Waals surface area contributed by atoms with Gasteiger partial charge in [-0.05, 0) is 26.0 Å². The maximum atomic E-state index is 11.0. The fraction of sp³-hybridized carbons (Fsp3) is 0.462. The molecule has 0 aliphatic carbocycles. The smallest absolute Gasteiger partial charge is 0.309 e. The average molecular weight is 240 g/mol. The number of hydrogen-bond donors (Lipinski definition) is 1. The molecule has 0 bridgehead atoms. The van der Waals surface area contributed by atoms with Gasteiger partial charge in [0.2, 0.25) is 0 Å². The zero-order valence-electron chi connectivity index (χ0n) is 10.6. The Labute approximate surface area is 102 Å². The third-order valence-electron chi connectivity index (χ3n) is 1.90. The minimum Gasteiger partial charge on any atom is -0.493 e. The number of benzene rings is 1. The molecule has 0 spiro atoms. The predicted molar refractivity (Wildman–Crippen MR) is 66.1 cm³/mol.